The summed E-state index contributed by atoms with van der Waals surface area (Å²) in [5.41, 5.74) is 2.88. The Morgan fingerprint density at radius 3 is 2.19 bits per heavy atom. The second-order valence-electron chi connectivity index (χ2n) is 7.57. The van der Waals surface area contributed by atoms with Gasteiger partial charge in [0, 0.05) is 6.54 Å². The third kappa shape index (κ3) is 6.67. The fourth-order valence-corrected chi connectivity index (χ4v) is 4.45. The molecule has 0 radical (unpaired) electrons. The van der Waals surface area contributed by atoms with Gasteiger partial charge in [-0.2, -0.15) is 4.72 Å². The van der Waals surface area contributed by atoms with Crippen molar-refractivity contribution in [3.05, 3.63) is 95.6 Å². The lowest BCUT2D eigenvalue weighted by atomic mass is 10.1. The molecule has 7 heteroatoms. The Morgan fingerprint density at radius 1 is 0.906 bits per heavy atom. The van der Waals surface area contributed by atoms with E-state index in [2.05, 4.69) is 10.0 Å². The monoisotopic (exact) mass is 452 g/mol. The van der Waals surface area contributed by atoms with Gasteiger partial charge in [0.15, 0.2) is 0 Å². The Morgan fingerprint density at radius 2 is 1.56 bits per heavy atom. The van der Waals surface area contributed by atoms with E-state index < -0.39 is 16.1 Å². The molecular weight excluding hydrogens is 424 g/mol. The van der Waals surface area contributed by atoms with Crippen LogP contribution in [0.1, 0.15) is 16.7 Å². The second kappa shape index (κ2) is 10.9. The predicted octanol–water partition coefficient (Wildman–Crippen LogP) is 3.25. The van der Waals surface area contributed by atoms with E-state index >= 15 is 0 Å². The van der Waals surface area contributed by atoms with Crippen LogP contribution in [0.4, 0.5) is 0 Å². The molecular formula is C25H28N2O4S. The summed E-state index contributed by atoms with van der Waals surface area (Å²) in [5, 5.41) is 2.87. The summed E-state index contributed by atoms with van der Waals surface area (Å²) in [6, 6.07) is 22.6. The summed E-state index contributed by atoms with van der Waals surface area (Å²) in [6.07, 6.45) is 0.874. The fourth-order valence-electron chi connectivity index (χ4n) is 3.26. The van der Waals surface area contributed by atoms with Crippen molar-refractivity contribution in [1.82, 2.24) is 10.0 Å². The fraction of sp³-hybridized carbons (Fsp3) is 0.240. The molecule has 1 amide bonds. The third-order valence-electron chi connectivity index (χ3n) is 5.10. The molecule has 3 aromatic rings. The van der Waals surface area contributed by atoms with E-state index in [1.165, 1.54) is 0 Å². The Labute approximate surface area is 189 Å². The number of ether oxygens (including phenoxy) is 1. The lowest BCUT2D eigenvalue weighted by molar-refractivity contribution is -0.122. The van der Waals surface area contributed by atoms with Crippen LogP contribution < -0.4 is 14.8 Å². The van der Waals surface area contributed by atoms with Crippen LogP contribution in [-0.2, 0) is 27.7 Å². The van der Waals surface area contributed by atoms with Crippen LogP contribution in [0, 0.1) is 6.92 Å². The van der Waals surface area contributed by atoms with Gasteiger partial charge in [0.25, 0.3) is 0 Å². The van der Waals surface area contributed by atoms with E-state index in [0.29, 0.717) is 13.0 Å². The average Bonchev–Trinajstić information content (AvgIpc) is 2.80. The maximum atomic E-state index is 12.9. The Bertz CT molecular complexity index is 1110. The van der Waals surface area contributed by atoms with Crippen molar-refractivity contribution in [2.24, 2.45) is 0 Å². The van der Waals surface area contributed by atoms with E-state index in [-0.39, 0.29) is 17.2 Å². The number of hydrogen-bond acceptors (Lipinski definition) is 4. The quantitative estimate of drug-likeness (QED) is 0.495. The SMILES string of the molecule is COc1ccc(CCNC(=O)[C@@H](Cc2ccccc2)NS(=O)(=O)c2ccc(C)cc2)cc1. The number of carbonyl (C=O) groups is 1. The van der Waals surface area contributed by atoms with Crippen LogP contribution in [-0.4, -0.2) is 34.0 Å². The predicted molar refractivity (Wildman–Crippen MR) is 125 cm³/mol. The molecule has 0 aliphatic rings. The van der Waals surface area contributed by atoms with Gasteiger partial charge in [0.1, 0.15) is 11.8 Å². The molecule has 3 rings (SSSR count). The zero-order chi connectivity index (χ0) is 23.0. The smallest absolute Gasteiger partial charge is 0.241 e. The molecule has 0 unspecified atom stereocenters. The van der Waals surface area contributed by atoms with Crippen molar-refractivity contribution >= 4 is 15.9 Å². The standard InChI is InChI=1S/C25H28N2O4S/c1-19-8-14-23(15-9-19)32(29,30)27-24(18-21-6-4-3-5-7-21)25(28)26-17-16-20-10-12-22(31-2)13-11-20/h3-15,24,27H,16-18H2,1-2H3,(H,26,28)/t24-/m1/s1. The van der Waals surface area contributed by atoms with Crippen molar-refractivity contribution in [1.29, 1.82) is 0 Å². The number of methoxy groups -OCH3 is 1. The molecule has 0 saturated heterocycles. The van der Waals surface area contributed by atoms with E-state index in [1.807, 2.05) is 61.5 Å². The molecule has 3 aromatic carbocycles. The van der Waals surface area contributed by atoms with Gasteiger partial charge in [0.2, 0.25) is 15.9 Å². The van der Waals surface area contributed by atoms with Gasteiger partial charge in [-0.05, 0) is 55.2 Å². The number of benzene rings is 3. The van der Waals surface area contributed by atoms with E-state index in [4.69, 9.17) is 4.74 Å². The molecule has 0 aliphatic carbocycles. The Balaban J connectivity index is 1.69. The largest absolute Gasteiger partial charge is 0.497 e. The van der Waals surface area contributed by atoms with Gasteiger partial charge in [-0.3, -0.25) is 4.79 Å². The highest BCUT2D eigenvalue weighted by Gasteiger charge is 2.26. The first-order valence-corrected chi connectivity index (χ1v) is 11.9. The molecule has 0 fully saturated rings. The zero-order valence-electron chi connectivity index (χ0n) is 18.2. The van der Waals surface area contributed by atoms with Crippen LogP contribution in [0.5, 0.6) is 5.75 Å². The van der Waals surface area contributed by atoms with Crippen LogP contribution in [0.25, 0.3) is 0 Å². The van der Waals surface area contributed by atoms with Gasteiger partial charge in [-0.15, -0.1) is 0 Å². The number of rotatable bonds is 10. The van der Waals surface area contributed by atoms with Crippen LogP contribution in [0.15, 0.2) is 83.8 Å². The molecule has 0 aromatic heterocycles. The second-order valence-corrected chi connectivity index (χ2v) is 9.28. The molecule has 0 spiro atoms. The summed E-state index contributed by atoms with van der Waals surface area (Å²) >= 11 is 0. The number of aryl methyl sites for hydroxylation is 1. The molecule has 1 atom stereocenters. The number of hydrogen-bond donors (Lipinski definition) is 2. The third-order valence-corrected chi connectivity index (χ3v) is 6.59. The minimum Gasteiger partial charge on any atom is -0.497 e. The molecule has 0 aliphatic heterocycles. The molecule has 2 N–H and O–H groups in total. The Hall–Kier alpha value is -3.16. The first-order chi connectivity index (χ1) is 15.4. The lowest BCUT2D eigenvalue weighted by Crippen LogP contribution is -2.48. The van der Waals surface area contributed by atoms with Crippen molar-refractivity contribution < 1.29 is 17.9 Å². The molecule has 32 heavy (non-hydrogen) atoms. The van der Waals surface area contributed by atoms with Crippen LogP contribution in [0.2, 0.25) is 0 Å². The summed E-state index contributed by atoms with van der Waals surface area (Å²) < 4.78 is 33.5. The Kier molecular flexibility index (Phi) is 8.03. The van der Waals surface area contributed by atoms with Crippen molar-refractivity contribution in [3.8, 4) is 5.75 Å². The molecule has 168 valence electrons. The van der Waals surface area contributed by atoms with Crippen molar-refractivity contribution in [2.45, 2.75) is 30.7 Å². The number of sulfonamides is 1. The van der Waals surface area contributed by atoms with E-state index in [1.54, 1.807) is 31.4 Å². The van der Waals surface area contributed by atoms with Crippen LogP contribution >= 0.6 is 0 Å². The average molecular weight is 453 g/mol. The van der Waals surface area contributed by atoms with E-state index in [0.717, 1.165) is 22.4 Å². The molecule has 6 nitrogen and oxygen atoms in total. The highest BCUT2D eigenvalue weighted by Crippen LogP contribution is 2.13. The van der Waals surface area contributed by atoms with E-state index in [9.17, 15) is 13.2 Å². The maximum Gasteiger partial charge on any atom is 0.241 e. The normalized spacial score (nSPS) is 12.2. The van der Waals surface area contributed by atoms with Gasteiger partial charge in [0.05, 0.1) is 12.0 Å². The topological polar surface area (TPSA) is 84.5 Å². The van der Waals surface area contributed by atoms with Crippen molar-refractivity contribution in [3.63, 3.8) is 0 Å². The summed E-state index contributed by atoms with van der Waals surface area (Å²) in [7, 11) is -2.24. The number of carbonyl (C=O) groups excluding carboxylic acids is 1. The van der Waals surface area contributed by atoms with Crippen molar-refractivity contribution in [2.75, 3.05) is 13.7 Å². The zero-order valence-corrected chi connectivity index (χ0v) is 19.1. The molecule has 0 heterocycles. The first kappa shape index (κ1) is 23.5. The molecule has 0 bridgehead atoms. The summed E-state index contributed by atoms with van der Waals surface area (Å²) in [5.74, 6) is 0.407. The summed E-state index contributed by atoms with van der Waals surface area (Å²) in [6.45, 7) is 2.28. The maximum absolute atomic E-state index is 12.9. The minimum absolute atomic E-state index is 0.132. The van der Waals surface area contributed by atoms with Gasteiger partial charge < -0.3 is 10.1 Å². The number of nitrogens with one attached hydrogen (secondary N) is 2. The first-order valence-electron chi connectivity index (χ1n) is 10.4. The lowest BCUT2D eigenvalue weighted by Gasteiger charge is -2.19. The van der Waals surface area contributed by atoms with Gasteiger partial charge in [-0.1, -0.05) is 60.2 Å². The highest BCUT2D eigenvalue weighted by atomic mass is 32.2. The van der Waals surface area contributed by atoms with Gasteiger partial charge in [-0.25, -0.2) is 8.42 Å². The summed E-state index contributed by atoms with van der Waals surface area (Å²) in [4.78, 5) is 13.1. The number of amides is 1. The highest BCUT2D eigenvalue weighted by molar-refractivity contribution is 7.89. The molecule has 0 saturated carbocycles. The minimum atomic E-state index is -3.85. The van der Waals surface area contributed by atoms with Crippen LogP contribution in [0.3, 0.4) is 0 Å². The van der Waals surface area contributed by atoms with Gasteiger partial charge >= 0.3 is 0 Å².